The molecule has 0 aliphatic heterocycles. The van der Waals surface area contributed by atoms with Crippen LogP contribution in [0.25, 0.3) is 11.3 Å². The zero-order chi connectivity index (χ0) is 13.0. The summed E-state index contributed by atoms with van der Waals surface area (Å²) in [6.45, 7) is 3.82. The van der Waals surface area contributed by atoms with Gasteiger partial charge in [0.15, 0.2) is 5.76 Å². The number of nitrogens with one attached hydrogen (secondary N) is 1. The van der Waals surface area contributed by atoms with Crippen LogP contribution in [0.5, 0.6) is 0 Å². The van der Waals surface area contributed by atoms with Crippen LogP contribution in [0, 0.1) is 0 Å². The lowest BCUT2D eigenvalue weighted by Crippen LogP contribution is -2.13. The average molecular weight is 330 g/mol. The molecular weight excluding hydrogens is 316 g/mol. The first-order valence-corrected chi connectivity index (χ1v) is 6.99. The predicted octanol–water partition coefficient (Wildman–Crippen LogP) is 4.26. The third-order valence-electron chi connectivity index (χ3n) is 2.49. The minimum absolute atomic E-state index is 0.647. The second-order valence-corrected chi connectivity index (χ2v) is 5.31. The Morgan fingerprint density at radius 3 is 2.94 bits per heavy atom. The van der Waals surface area contributed by atoms with Crippen molar-refractivity contribution >= 4 is 27.5 Å². The molecule has 0 unspecified atom stereocenters. The molecule has 0 fully saturated rings. The summed E-state index contributed by atoms with van der Waals surface area (Å²) in [6.07, 6.45) is 1.10. The highest BCUT2D eigenvalue weighted by atomic mass is 79.9. The van der Waals surface area contributed by atoms with Crippen molar-refractivity contribution in [3.8, 4) is 11.3 Å². The Balaban J connectivity index is 2.13. The summed E-state index contributed by atoms with van der Waals surface area (Å²) in [5, 5.41) is 7.94. The SMILES string of the molecule is CCCNCc1cc(-c2ccc(Br)cc2Cl)on1. The highest BCUT2D eigenvalue weighted by Crippen LogP contribution is 2.30. The van der Waals surface area contributed by atoms with Gasteiger partial charge in [-0.3, -0.25) is 0 Å². The van der Waals surface area contributed by atoms with Gasteiger partial charge in [-0.2, -0.15) is 0 Å². The molecule has 1 heterocycles. The fraction of sp³-hybridized carbons (Fsp3) is 0.308. The van der Waals surface area contributed by atoms with Crippen LogP contribution in [0.1, 0.15) is 19.0 Å². The maximum absolute atomic E-state index is 6.17. The maximum Gasteiger partial charge on any atom is 0.168 e. The van der Waals surface area contributed by atoms with Gasteiger partial charge in [0, 0.05) is 22.6 Å². The number of hydrogen-bond acceptors (Lipinski definition) is 3. The lowest BCUT2D eigenvalue weighted by Gasteiger charge is -1.99. The van der Waals surface area contributed by atoms with Crippen LogP contribution < -0.4 is 5.32 Å². The van der Waals surface area contributed by atoms with Gasteiger partial charge in [0.25, 0.3) is 0 Å². The lowest BCUT2D eigenvalue weighted by atomic mass is 10.1. The standard InChI is InChI=1S/C13H14BrClN2O/c1-2-5-16-8-10-7-13(18-17-10)11-4-3-9(14)6-12(11)15/h3-4,6-7,16H,2,5,8H2,1H3. The van der Waals surface area contributed by atoms with Crippen LogP contribution in [0.15, 0.2) is 33.3 Å². The number of nitrogens with zero attached hydrogens (tertiary/aromatic N) is 1. The third kappa shape index (κ3) is 3.34. The Labute approximate surface area is 120 Å². The van der Waals surface area contributed by atoms with E-state index in [0.717, 1.165) is 28.7 Å². The normalized spacial score (nSPS) is 10.8. The number of hydrogen-bond donors (Lipinski definition) is 1. The van der Waals surface area contributed by atoms with E-state index in [1.807, 2.05) is 24.3 Å². The molecule has 0 radical (unpaired) electrons. The molecule has 2 rings (SSSR count). The first-order valence-electron chi connectivity index (χ1n) is 5.82. The van der Waals surface area contributed by atoms with E-state index < -0.39 is 0 Å². The van der Waals surface area contributed by atoms with Crippen LogP contribution in [0.4, 0.5) is 0 Å². The van der Waals surface area contributed by atoms with Gasteiger partial charge in [-0.1, -0.05) is 39.6 Å². The number of aromatic nitrogens is 1. The van der Waals surface area contributed by atoms with E-state index in [0.29, 0.717) is 17.3 Å². The number of benzene rings is 1. The summed E-state index contributed by atoms with van der Waals surface area (Å²) in [6, 6.07) is 7.60. The summed E-state index contributed by atoms with van der Waals surface area (Å²) in [7, 11) is 0. The highest BCUT2D eigenvalue weighted by Gasteiger charge is 2.10. The van der Waals surface area contributed by atoms with Gasteiger partial charge in [-0.25, -0.2) is 0 Å². The van der Waals surface area contributed by atoms with Gasteiger partial charge in [-0.05, 0) is 31.2 Å². The Kier molecular flexibility index (Phi) is 4.80. The molecule has 0 bridgehead atoms. The van der Waals surface area contributed by atoms with E-state index in [-0.39, 0.29) is 0 Å². The van der Waals surface area contributed by atoms with Crippen LogP contribution in [0.3, 0.4) is 0 Å². The molecule has 0 saturated heterocycles. The Morgan fingerprint density at radius 2 is 2.22 bits per heavy atom. The number of rotatable bonds is 5. The summed E-state index contributed by atoms with van der Waals surface area (Å²) in [5.41, 5.74) is 1.74. The van der Waals surface area contributed by atoms with Crippen molar-refractivity contribution in [3.63, 3.8) is 0 Å². The smallest absolute Gasteiger partial charge is 0.168 e. The lowest BCUT2D eigenvalue weighted by molar-refractivity contribution is 0.420. The summed E-state index contributed by atoms with van der Waals surface area (Å²) < 4.78 is 6.26. The van der Waals surface area contributed by atoms with E-state index in [2.05, 4.69) is 33.3 Å². The van der Waals surface area contributed by atoms with Crippen molar-refractivity contribution in [1.82, 2.24) is 10.5 Å². The monoisotopic (exact) mass is 328 g/mol. The molecule has 3 nitrogen and oxygen atoms in total. The van der Waals surface area contributed by atoms with Crippen LogP contribution in [0.2, 0.25) is 5.02 Å². The van der Waals surface area contributed by atoms with Crippen molar-refractivity contribution in [2.24, 2.45) is 0 Å². The van der Waals surface area contributed by atoms with Gasteiger partial charge in [0.05, 0.1) is 10.7 Å². The third-order valence-corrected chi connectivity index (χ3v) is 3.29. The fourth-order valence-corrected chi connectivity index (χ4v) is 2.37. The van der Waals surface area contributed by atoms with E-state index in [1.54, 1.807) is 0 Å². The van der Waals surface area contributed by atoms with Gasteiger partial charge >= 0.3 is 0 Å². The average Bonchev–Trinajstić information content (AvgIpc) is 2.78. The van der Waals surface area contributed by atoms with Crippen molar-refractivity contribution in [1.29, 1.82) is 0 Å². The van der Waals surface area contributed by atoms with Crippen LogP contribution >= 0.6 is 27.5 Å². The topological polar surface area (TPSA) is 38.1 Å². The minimum Gasteiger partial charge on any atom is -0.356 e. The van der Waals surface area contributed by atoms with Crippen molar-refractivity contribution in [2.75, 3.05) is 6.54 Å². The zero-order valence-electron chi connectivity index (χ0n) is 10.0. The molecule has 18 heavy (non-hydrogen) atoms. The van der Waals surface area contributed by atoms with Crippen molar-refractivity contribution in [3.05, 3.63) is 39.5 Å². The zero-order valence-corrected chi connectivity index (χ0v) is 12.4. The number of halogens is 2. The van der Waals surface area contributed by atoms with Crippen molar-refractivity contribution < 1.29 is 4.52 Å². The summed E-state index contributed by atoms with van der Waals surface area (Å²) in [4.78, 5) is 0. The van der Waals surface area contributed by atoms with E-state index in [9.17, 15) is 0 Å². The minimum atomic E-state index is 0.647. The molecule has 96 valence electrons. The van der Waals surface area contributed by atoms with E-state index >= 15 is 0 Å². The second kappa shape index (κ2) is 6.36. The molecule has 0 aliphatic carbocycles. The highest BCUT2D eigenvalue weighted by molar-refractivity contribution is 9.10. The van der Waals surface area contributed by atoms with Crippen LogP contribution in [-0.4, -0.2) is 11.7 Å². The Bertz CT molecular complexity index is 527. The van der Waals surface area contributed by atoms with Gasteiger partial charge < -0.3 is 9.84 Å². The Morgan fingerprint density at radius 1 is 1.39 bits per heavy atom. The summed E-state index contributed by atoms with van der Waals surface area (Å²) >= 11 is 9.54. The maximum atomic E-state index is 6.17. The molecule has 1 aromatic heterocycles. The molecule has 1 N–H and O–H groups in total. The fourth-order valence-electron chi connectivity index (χ4n) is 1.60. The molecule has 0 spiro atoms. The predicted molar refractivity (Wildman–Crippen MR) is 76.6 cm³/mol. The largest absolute Gasteiger partial charge is 0.356 e. The first-order chi connectivity index (χ1) is 8.70. The van der Waals surface area contributed by atoms with E-state index in [4.69, 9.17) is 16.1 Å². The molecule has 1 aromatic carbocycles. The van der Waals surface area contributed by atoms with Gasteiger partial charge in [0.2, 0.25) is 0 Å². The van der Waals surface area contributed by atoms with Gasteiger partial charge in [-0.15, -0.1) is 0 Å². The molecule has 0 aliphatic rings. The first kappa shape index (κ1) is 13.6. The van der Waals surface area contributed by atoms with Crippen LogP contribution in [-0.2, 0) is 6.54 Å². The molecule has 0 saturated carbocycles. The quantitative estimate of drug-likeness (QED) is 0.833. The molecule has 0 amide bonds. The van der Waals surface area contributed by atoms with Gasteiger partial charge in [0.1, 0.15) is 0 Å². The second-order valence-electron chi connectivity index (χ2n) is 3.98. The molecule has 2 aromatic rings. The Hall–Kier alpha value is -0.840. The molecular formula is C13H14BrClN2O. The molecule has 0 atom stereocenters. The van der Waals surface area contributed by atoms with E-state index in [1.165, 1.54) is 0 Å². The van der Waals surface area contributed by atoms with Crippen molar-refractivity contribution in [2.45, 2.75) is 19.9 Å². The molecule has 5 heteroatoms. The summed E-state index contributed by atoms with van der Waals surface area (Å²) in [5.74, 6) is 0.695.